The molecule has 0 aliphatic rings. The summed E-state index contributed by atoms with van der Waals surface area (Å²) < 4.78 is 5.69. The fourth-order valence-electron chi connectivity index (χ4n) is 2.72. The first-order chi connectivity index (χ1) is 13.4. The van der Waals surface area contributed by atoms with Crippen molar-refractivity contribution in [3.63, 3.8) is 0 Å². The maximum atomic E-state index is 12.9. The van der Waals surface area contributed by atoms with Gasteiger partial charge in [-0.2, -0.15) is 0 Å². The molecule has 0 saturated carbocycles. The van der Waals surface area contributed by atoms with E-state index in [0.717, 1.165) is 17.5 Å². The van der Waals surface area contributed by atoms with Crippen molar-refractivity contribution in [2.75, 3.05) is 11.9 Å². The average molecular weight is 377 g/mol. The zero-order valence-corrected chi connectivity index (χ0v) is 16.5. The quantitative estimate of drug-likeness (QED) is 0.640. The second kappa shape index (κ2) is 8.17. The van der Waals surface area contributed by atoms with Crippen LogP contribution in [0.2, 0.25) is 0 Å². The standard InChI is InChI=1S/C22H23N3O3/c1-5-10-28-22-20(24-18-11-13(2)14(3)12-19(18)25-22)21(27)23-17-8-6-16(7-9-17)15(4)26/h6-9,11-12H,5,10H2,1-4H3,(H,23,27). The first-order valence-electron chi connectivity index (χ1n) is 9.23. The van der Waals surface area contributed by atoms with E-state index in [0.29, 0.717) is 28.9 Å². The normalized spacial score (nSPS) is 10.7. The van der Waals surface area contributed by atoms with E-state index in [-0.39, 0.29) is 17.4 Å². The van der Waals surface area contributed by atoms with Crippen LogP contribution in [-0.4, -0.2) is 28.3 Å². The molecular weight excluding hydrogens is 354 g/mol. The first kappa shape index (κ1) is 19.5. The molecule has 2 aromatic carbocycles. The summed E-state index contributed by atoms with van der Waals surface area (Å²) >= 11 is 0. The minimum atomic E-state index is -0.408. The third-order valence-corrected chi connectivity index (χ3v) is 4.45. The zero-order valence-electron chi connectivity index (χ0n) is 16.5. The first-order valence-corrected chi connectivity index (χ1v) is 9.23. The van der Waals surface area contributed by atoms with Crippen molar-refractivity contribution in [1.82, 2.24) is 9.97 Å². The van der Waals surface area contributed by atoms with Crippen LogP contribution in [0.4, 0.5) is 5.69 Å². The molecule has 144 valence electrons. The van der Waals surface area contributed by atoms with Gasteiger partial charge in [0.05, 0.1) is 17.6 Å². The Morgan fingerprint density at radius 1 is 1.00 bits per heavy atom. The average Bonchev–Trinajstić information content (AvgIpc) is 2.67. The molecule has 1 aromatic heterocycles. The summed E-state index contributed by atoms with van der Waals surface area (Å²) in [5.41, 5.74) is 4.81. The fraction of sp³-hybridized carbons (Fsp3) is 0.273. The van der Waals surface area contributed by atoms with Gasteiger partial charge in [0.25, 0.3) is 5.91 Å². The Morgan fingerprint density at radius 2 is 1.61 bits per heavy atom. The van der Waals surface area contributed by atoms with Crippen molar-refractivity contribution in [3.05, 3.63) is 58.8 Å². The Labute approximate surface area is 164 Å². The Kier molecular flexibility index (Phi) is 5.68. The molecule has 28 heavy (non-hydrogen) atoms. The molecule has 3 aromatic rings. The Balaban J connectivity index is 1.97. The summed E-state index contributed by atoms with van der Waals surface area (Å²) in [5, 5.41) is 2.80. The summed E-state index contributed by atoms with van der Waals surface area (Å²) in [5.74, 6) is -0.219. The highest BCUT2D eigenvalue weighted by Crippen LogP contribution is 2.23. The third kappa shape index (κ3) is 4.17. The lowest BCUT2D eigenvalue weighted by Crippen LogP contribution is -2.17. The maximum Gasteiger partial charge on any atom is 0.279 e. The number of rotatable bonds is 6. The molecule has 6 nitrogen and oxygen atoms in total. The lowest BCUT2D eigenvalue weighted by molar-refractivity contribution is 0.101. The van der Waals surface area contributed by atoms with Gasteiger partial charge in [-0.3, -0.25) is 9.59 Å². The second-order valence-corrected chi connectivity index (χ2v) is 6.74. The van der Waals surface area contributed by atoms with Gasteiger partial charge in [-0.1, -0.05) is 6.92 Å². The number of carbonyl (C=O) groups excluding carboxylic acids is 2. The van der Waals surface area contributed by atoms with Gasteiger partial charge in [-0.05, 0) is 74.7 Å². The number of amides is 1. The van der Waals surface area contributed by atoms with Crippen molar-refractivity contribution in [1.29, 1.82) is 0 Å². The van der Waals surface area contributed by atoms with Crippen LogP contribution in [0.1, 0.15) is 52.2 Å². The predicted octanol–water partition coefficient (Wildman–Crippen LogP) is 4.49. The van der Waals surface area contributed by atoms with Gasteiger partial charge in [-0.25, -0.2) is 9.97 Å². The van der Waals surface area contributed by atoms with Crippen LogP contribution in [0.5, 0.6) is 5.88 Å². The predicted molar refractivity (Wildman–Crippen MR) is 109 cm³/mol. The molecule has 1 amide bonds. The number of aryl methyl sites for hydroxylation is 2. The Hall–Kier alpha value is -3.28. The van der Waals surface area contributed by atoms with E-state index in [1.54, 1.807) is 24.3 Å². The third-order valence-electron chi connectivity index (χ3n) is 4.45. The molecule has 0 saturated heterocycles. The minimum absolute atomic E-state index is 0.0285. The number of ketones is 1. The molecule has 0 aliphatic heterocycles. The summed E-state index contributed by atoms with van der Waals surface area (Å²) in [6.45, 7) is 7.93. The highest BCUT2D eigenvalue weighted by molar-refractivity contribution is 6.05. The lowest BCUT2D eigenvalue weighted by Gasteiger charge is -2.12. The molecular formula is C22H23N3O3. The number of benzene rings is 2. The van der Waals surface area contributed by atoms with Crippen LogP contribution in [0.3, 0.4) is 0 Å². The van der Waals surface area contributed by atoms with Crippen molar-refractivity contribution in [2.45, 2.75) is 34.1 Å². The molecule has 0 aliphatic carbocycles. The summed E-state index contributed by atoms with van der Waals surface area (Å²) in [6.07, 6.45) is 0.792. The highest BCUT2D eigenvalue weighted by atomic mass is 16.5. The topological polar surface area (TPSA) is 81.2 Å². The van der Waals surface area contributed by atoms with Crippen molar-refractivity contribution < 1.29 is 14.3 Å². The van der Waals surface area contributed by atoms with E-state index in [1.807, 2.05) is 32.9 Å². The van der Waals surface area contributed by atoms with Crippen LogP contribution in [0.25, 0.3) is 11.0 Å². The SMILES string of the molecule is CCCOc1nc2cc(C)c(C)cc2nc1C(=O)Nc1ccc(C(C)=O)cc1. The molecule has 1 N–H and O–H groups in total. The molecule has 0 bridgehead atoms. The van der Waals surface area contributed by atoms with Gasteiger partial charge < -0.3 is 10.1 Å². The van der Waals surface area contributed by atoms with Crippen molar-refractivity contribution in [3.8, 4) is 5.88 Å². The Morgan fingerprint density at radius 3 is 2.18 bits per heavy atom. The lowest BCUT2D eigenvalue weighted by atomic mass is 10.1. The largest absolute Gasteiger partial charge is 0.476 e. The van der Waals surface area contributed by atoms with E-state index in [9.17, 15) is 9.59 Å². The number of anilines is 1. The number of aromatic nitrogens is 2. The van der Waals surface area contributed by atoms with E-state index < -0.39 is 5.91 Å². The molecule has 0 atom stereocenters. The highest BCUT2D eigenvalue weighted by Gasteiger charge is 2.19. The number of carbonyl (C=O) groups is 2. The molecule has 1 heterocycles. The molecule has 0 spiro atoms. The molecule has 3 rings (SSSR count). The fourth-order valence-corrected chi connectivity index (χ4v) is 2.72. The van der Waals surface area contributed by atoms with Crippen LogP contribution in [0.15, 0.2) is 36.4 Å². The molecule has 0 fully saturated rings. The van der Waals surface area contributed by atoms with Crippen LogP contribution < -0.4 is 10.1 Å². The van der Waals surface area contributed by atoms with Gasteiger partial charge in [0, 0.05) is 11.3 Å². The number of Topliss-reactive ketones (excluding diaryl/α,β-unsaturated/α-hetero) is 1. The van der Waals surface area contributed by atoms with Gasteiger partial charge in [-0.15, -0.1) is 0 Å². The van der Waals surface area contributed by atoms with E-state index in [1.165, 1.54) is 6.92 Å². The minimum Gasteiger partial charge on any atom is -0.476 e. The number of nitrogens with one attached hydrogen (secondary N) is 1. The summed E-state index contributed by atoms with van der Waals surface area (Å²) in [7, 11) is 0. The van der Waals surface area contributed by atoms with E-state index >= 15 is 0 Å². The molecule has 6 heteroatoms. The van der Waals surface area contributed by atoms with Gasteiger partial charge in [0.1, 0.15) is 0 Å². The van der Waals surface area contributed by atoms with Gasteiger partial charge in [0.15, 0.2) is 11.5 Å². The van der Waals surface area contributed by atoms with Crippen molar-refractivity contribution >= 4 is 28.4 Å². The molecule has 0 radical (unpaired) electrons. The number of nitrogens with zero attached hydrogens (tertiary/aromatic N) is 2. The summed E-state index contributed by atoms with van der Waals surface area (Å²) in [4.78, 5) is 33.3. The van der Waals surface area contributed by atoms with Crippen LogP contribution in [-0.2, 0) is 0 Å². The van der Waals surface area contributed by atoms with Gasteiger partial charge >= 0.3 is 0 Å². The monoisotopic (exact) mass is 377 g/mol. The van der Waals surface area contributed by atoms with E-state index in [4.69, 9.17) is 4.74 Å². The smallest absolute Gasteiger partial charge is 0.279 e. The van der Waals surface area contributed by atoms with Crippen molar-refractivity contribution in [2.24, 2.45) is 0 Å². The second-order valence-electron chi connectivity index (χ2n) is 6.74. The molecule has 0 unspecified atom stereocenters. The zero-order chi connectivity index (χ0) is 20.3. The van der Waals surface area contributed by atoms with Crippen LogP contribution >= 0.6 is 0 Å². The number of ether oxygens (including phenoxy) is 1. The number of hydrogen-bond donors (Lipinski definition) is 1. The summed E-state index contributed by atoms with van der Waals surface area (Å²) in [6, 6.07) is 10.6. The van der Waals surface area contributed by atoms with E-state index in [2.05, 4.69) is 15.3 Å². The maximum absolute atomic E-state index is 12.9. The number of fused-ring (bicyclic) bond motifs is 1. The van der Waals surface area contributed by atoms with Gasteiger partial charge in [0.2, 0.25) is 5.88 Å². The Bertz CT molecular complexity index is 1040. The van der Waals surface area contributed by atoms with Crippen LogP contribution in [0, 0.1) is 13.8 Å². The number of hydrogen-bond acceptors (Lipinski definition) is 5.